The van der Waals surface area contributed by atoms with Gasteiger partial charge in [-0.05, 0) is 45.4 Å². The van der Waals surface area contributed by atoms with Gasteiger partial charge in [-0.2, -0.15) is 0 Å². The molecule has 0 heterocycles. The van der Waals surface area contributed by atoms with E-state index in [-0.39, 0.29) is 11.9 Å². The Labute approximate surface area is 118 Å². The molecule has 0 aromatic carbocycles. The van der Waals surface area contributed by atoms with Crippen LogP contribution >= 0.6 is 0 Å². The Hall–Kier alpha value is -0.570. The first-order valence-corrected chi connectivity index (χ1v) is 8.05. The van der Waals surface area contributed by atoms with Gasteiger partial charge >= 0.3 is 0 Å². The minimum Gasteiger partial charge on any atom is -0.352 e. The average Bonchev–Trinajstić information content (AvgIpc) is 2.37. The van der Waals surface area contributed by atoms with E-state index in [4.69, 9.17) is 0 Å². The molecule has 1 aliphatic rings. The Bertz CT molecular complexity index is 259. The molecule has 2 N–H and O–H groups in total. The van der Waals surface area contributed by atoms with Crippen molar-refractivity contribution in [3.05, 3.63) is 0 Å². The van der Waals surface area contributed by atoms with E-state index in [1.807, 2.05) is 6.92 Å². The van der Waals surface area contributed by atoms with Crippen molar-refractivity contribution in [2.24, 2.45) is 5.92 Å². The van der Waals surface area contributed by atoms with Crippen molar-refractivity contribution >= 4 is 5.91 Å². The van der Waals surface area contributed by atoms with Crippen molar-refractivity contribution in [1.82, 2.24) is 10.6 Å². The van der Waals surface area contributed by atoms with Crippen LogP contribution in [-0.4, -0.2) is 24.0 Å². The van der Waals surface area contributed by atoms with Crippen molar-refractivity contribution < 1.29 is 4.79 Å². The molecule has 1 saturated carbocycles. The molecule has 1 fully saturated rings. The third kappa shape index (κ3) is 6.95. The SMILES string of the molecule is CC(C)CCC(C)NC(C)C(=O)NC1CCCCC1. The first kappa shape index (κ1) is 16.5. The Morgan fingerprint density at radius 3 is 2.26 bits per heavy atom. The summed E-state index contributed by atoms with van der Waals surface area (Å²) in [7, 11) is 0. The van der Waals surface area contributed by atoms with Crippen LogP contribution in [0.3, 0.4) is 0 Å². The monoisotopic (exact) mass is 268 g/mol. The van der Waals surface area contributed by atoms with Gasteiger partial charge in [-0.1, -0.05) is 33.1 Å². The Kier molecular flexibility index (Phi) is 7.44. The van der Waals surface area contributed by atoms with Crippen LogP contribution in [0, 0.1) is 5.92 Å². The second kappa shape index (κ2) is 8.57. The highest BCUT2D eigenvalue weighted by Gasteiger charge is 2.20. The van der Waals surface area contributed by atoms with Crippen LogP contribution < -0.4 is 10.6 Å². The summed E-state index contributed by atoms with van der Waals surface area (Å²) in [6.45, 7) is 8.63. The number of carbonyl (C=O) groups excluding carboxylic acids is 1. The molecule has 0 saturated heterocycles. The summed E-state index contributed by atoms with van der Waals surface area (Å²) in [5.41, 5.74) is 0. The number of hydrogen-bond donors (Lipinski definition) is 2. The number of carbonyl (C=O) groups is 1. The summed E-state index contributed by atoms with van der Waals surface area (Å²) < 4.78 is 0. The number of nitrogens with one attached hydrogen (secondary N) is 2. The second-order valence-electron chi connectivity index (χ2n) is 6.60. The quantitative estimate of drug-likeness (QED) is 0.744. The fourth-order valence-electron chi connectivity index (χ4n) is 2.74. The third-order valence-electron chi connectivity index (χ3n) is 4.06. The van der Waals surface area contributed by atoms with Gasteiger partial charge in [0.1, 0.15) is 0 Å². The standard InChI is InChI=1S/C16H32N2O/c1-12(2)10-11-13(3)17-14(4)16(19)18-15-8-6-5-7-9-15/h12-15,17H,5-11H2,1-4H3,(H,18,19). The molecule has 3 heteroatoms. The molecule has 1 rings (SSSR count). The largest absolute Gasteiger partial charge is 0.352 e. The van der Waals surface area contributed by atoms with Crippen molar-refractivity contribution in [1.29, 1.82) is 0 Å². The zero-order chi connectivity index (χ0) is 14.3. The molecule has 2 unspecified atom stereocenters. The number of hydrogen-bond acceptors (Lipinski definition) is 2. The third-order valence-corrected chi connectivity index (χ3v) is 4.06. The van der Waals surface area contributed by atoms with Gasteiger partial charge in [0.15, 0.2) is 0 Å². The lowest BCUT2D eigenvalue weighted by atomic mass is 9.95. The lowest BCUT2D eigenvalue weighted by Crippen LogP contribution is -2.49. The molecule has 19 heavy (non-hydrogen) atoms. The maximum absolute atomic E-state index is 12.1. The van der Waals surface area contributed by atoms with Gasteiger partial charge in [-0.3, -0.25) is 4.79 Å². The predicted octanol–water partition coefficient (Wildman–Crippen LogP) is 3.24. The van der Waals surface area contributed by atoms with E-state index >= 15 is 0 Å². The van der Waals surface area contributed by atoms with Crippen LogP contribution in [0.4, 0.5) is 0 Å². The topological polar surface area (TPSA) is 41.1 Å². The molecular formula is C16H32N2O. The summed E-state index contributed by atoms with van der Waals surface area (Å²) in [4.78, 5) is 12.1. The van der Waals surface area contributed by atoms with E-state index in [0.717, 1.165) is 25.2 Å². The van der Waals surface area contributed by atoms with Gasteiger partial charge in [0.25, 0.3) is 0 Å². The first-order valence-electron chi connectivity index (χ1n) is 8.05. The minimum absolute atomic E-state index is 0.0795. The molecule has 0 radical (unpaired) electrons. The minimum atomic E-state index is -0.0795. The van der Waals surface area contributed by atoms with E-state index in [1.54, 1.807) is 0 Å². The summed E-state index contributed by atoms with van der Waals surface area (Å²) in [6, 6.07) is 0.745. The number of amides is 1. The molecule has 0 spiro atoms. The van der Waals surface area contributed by atoms with Crippen LogP contribution in [-0.2, 0) is 4.79 Å². The molecule has 3 nitrogen and oxygen atoms in total. The molecule has 2 atom stereocenters. The van der Waals surface area contributed by atoms with E-state index in [9.17, 15) is 4.79 Å². The average molecular weight is 268 g/mol. The van der Waals surface area contributed by atoms with Crippen molar-refractivity contribution in [3.63, 3.8) is 0 Å². The van der Waals surface area contributed by atoms with Crippen molar-refractivity contribution in [3.8, 4) is 0 Å². The lowest BCUT2D eigenvalue weighted by Gasteiger charge is -2.26. The maximum Gasteiger partial charge on any atom is 0.237 e. The first-order chi connectivity index (χ1) is 8.99. The summed E-state index contributed by atoms with van der Waals surface area (Å²) in [5.74, 6) is 0.902. The van der Waals surface area contributed by atoms with Crippen molar-refractivity contribution in [2.45, 2.75) is 90.8 Å². The van der Waals surface area contributed by atoms with Gasteiger partial charge in [0.2, 0.25) is 5.91 Å². The fourth-order valence-corrected chi connectivity index (χ4v) is 2.74. The van der Waals surface area contributed by atoms with Gasteiger partial charge in [-0.25, -0.2) is 0 Å². The molecule has 0 aromatic rings. The van der Waals surface area contributed by atoms with Crippen molar-refractivity contribution in [2.75, 3.05) is 0 Å². The normalized spacial score (nSPS) is 20.3. The molecule has 0 aromatic heterocycles. The molecule has 0 bridgehead atoms. The van der Waals surface area contributed by atoms with Crippen LogP contribution in [0.5, 0.6) is 0 Å². The van der Waals surface area contributed by atoms with Crippen LogP contribution in [0.1, 0.15) is 72.6 Å². The zero-order valence-corrected chi connectivity index (χ0v) is 13.2. The molecule has 1 aliphatic carbocycles. The summed E-state index contributed by atoms with van der Waals surface area (Å²) in [6.07, 6.45) is 8.51. The van der Waals surface area contributed by atoms with E-state index in [2.05, 4.69) is 31.4 Å². The van der Waals surface area contributed by atoms with E-state index in [1.165, 1.54) is 25.7 Å². The summed E-state index contributed by atoms with van der Waals surface area (Å²) in [5, 5.41) is 6.60. The molecular weight excluding hydrogens is 236 g/mol. The Morgan fingerprint density at radius 2 is 1.68 bits per heavy atom. The van der Waals surface area contributed by atoms with E-state index in [0.29, 0.717) is 12.1 Å². The lowest BCUT2D eigenvalue weighted by molar-refractivity contribution is -0.123. The Morgan fingerprint density at radius 1 is 1.05 bits per heavy atom. The Balaban J connectivity index is 2.23. The molecule has 1 amide bonds. The number of rotatable bonds is 7. The van der Waals surface area contributed by atoms with E-state index < -0.39 is 0 Å². The molecule has 112 valence electrons. The smallest absolute Gasteiger partial charge is 0.237 e. The maximum atomic E-state index is 12.1. The van der Waals surface area contributed by atoms with Gasteiger partial charge < -0.3 is 10.6 Å². The highest BCUT2D eigenvalue weighted by Crippen LogP contribution is 2.17. The summed E-state index contributed by atoms with van der Waals surface area (Å²) >= 11 is 0. The highest BCUT2D eigenvalue weighted by atomic mass is 16.2. The highest BCUT2D eigenvalue weighted by molar-refractivity contribution is 5.81. The van der Waals surface area contributed by atoms with Crippen LogP contribution in [0.15, 0.2) is 0 Å². The van der Waals surface area contributed by atoms with Gasteiger partial charge in [0, 0.05) is 12.1 Å². The van der Waals surface area contributed by atoms with Gasteiger partial charge in [-0.15, -0.1) is 0 Å². The predicted molar refractivity (Wildman–Crippen MR) is 81.1 cm³/mol. The van der Waals surface area contributed by atoms with Crippen LogP contribution in [0.25, 0.3) is 0 Å². The second-order valence-corrected chi connectivity index (χ2v) is 6.60. The fraction of sp³-hybridized carbons (Fsp3) is 0.938. The van der Waals surface area contributed by atoms with Crippen LogP contribution in [0.2, 0.25) is 0 Å². The molecule has 0 aliphatic heterocycles. The zero-order valence-electron chi connectivity index (χ0n) is 13.2. The van der Waals surface area contributed by atoms with Gasteiger partial charge in [0.05, 0.1) is 6.04 Å².